The van der Waals surface area contributed by atoms with Gasteiger partial charge < -0.3 is 4.90 Å². The van der Waals surface area contributed by atoms with Crippen molar-refractivity contribution in [3.63, 3.8) is 0 Å². The molecule has 3 rings (SSSR count). The summed E-state index contributed by atoms with van der Waals surface area (Å²) in [6, 6.07) is 16.0. The summed E-state index contributed by atoms with van der Waals surface area (Å²) >= 11 is 0. The summed E-state index contributed by atoms with van der Waals surface area (Å²) in [5, 5.41) is 0. The lowest BCUT2D eigenvalue weighted by Gasteiger charge is -2.16. The molecule has 2 aromatic rings. The van der Waals surface area contributed by atoms with Crippen LogP contribution in [0.15, 0.2) is 59.5 Å². The number of amides is 1. The summed E-state index contributed by atoms with van der Waals surface area (Å²) in [6.07, 6.45) is 3.28. The zero-order valence-electron chi connectivity index (χ0n) is 15.6. The summed E-state index contributed by atoms with van der Waals surface area (Å²) in [6.45, 7) is 3.55. The lowest BCUT2D eigenvalue weighted by molar-refractivity contribution is -0.130. The number of hydrogen-bond acceptors (Lipinski definition) is 3. The van der Waals surface area contributed by atoms with Crippen LogP contribution in [0, 0.1) is 0 Å². The van der Waals surface area contributed by atoms with Gasteiger partial charge in [0.05, 0.1) is 4.90 Å². The van der Waals surface area contributed by atoms with Crippen LogP contribution in [0.5, 0.6) is 0 Å². The van der Waals surface area contributed by atoms with Crippen molar-refractivity contribution in [1.29, 1.82) is 0 Å². The fourth-order valence-corrected chi connectivity index (χ4v) is 4.55. The minimum Gasteiger partial charge on any atom is -0.343 e. The zero-order valence-corrected chi connectivity index (χ0v) is 16.4. The summed E-state index contributed by atoms with van der Waals surface area (Å²) in [5.74, 6) is 0.183. The van der Waals surface area contributed by atoms with Gasteiger partial charge in [0.15, 0.2) is 0 Å². The van der Waals surface area contributed by atoms with E-state index in [4.69, 9.17) is 0 Å². The van der Waals surface area contributed by atoms with Crippen molar-refractivity contribution in [3.05, 3.63) is 65.7 Å². The largest absolute Gasteiger partial charge is 0.343 e. The van der Waals surface area contributed by atoms with Crippen LogP contribution in [0.3, 0.4) is 0 Å². The number of rotatable bonds is 7. The number of carbonyl (C=O) groups excluding carboxylic acids is 1. The van der Waals surface area contributed by atoms with E-state index < -0.39 is 10.0 Å². The van der Waals surface area contributed by atoms with E-state index in [0.717, 1.165) is 37.1 Å². The van der Waals surface area contributed by atoms with Gasteiger partial charge in [-0.25, -0.2) is 13.1 Å². The third kappa shape index (κ3) is 5.17. The summed E-state index contributed by atoms with van der Waals surface area (Å²) in [7, 11) is -3.59. The molecular formula is C21H26N2O3S. The second-order valence-corrected chi connectivity index (χ2v) is 8.70. The first kappa shape index (κ1) is 19.6. The average molecular weight is 387 g/mol. The minimum absolute atomic E-state index is 0.183. The molecule has 1 saturated heterocycles. The third-order valence-electron chi connectivity index (χ3n) is 4.95. The number of nitrogens with one attached hydrogen (secondary N) is 1. The Morgan fingerprint density at radius 2 is 1.67 bits per heavy atom. The second kappa shape index (κ2) is 8.67. The molecule has 0 aromatic heterocycles. The van der Waals surface area contributed by atoms with Gasteiger partial charge in [-0.15, -0.1) is 0 Å². The van der Waals surface area contributed by atoms with E-state index in [-0.39, 0.29) is 16.8 Å². The predicted octanol–water partition coefficient (Wildman–Crippen LogP) is 3.28. The van der Waals surface area contributed by atoms with E-state index in [0.29, 0.717) is 12.8 Å². The van der Waals surface area contributed by atoms with Gasteiger partial charge in [-0.05, 0) is 49.4 Å². The Bertz CT molecular complexity index is 858. The maximum absolute atomic E-state index is 12.6. The van der Waals surface area contributed by atoms with Crippen LogP contribution < -0.4 is 4.72 Å². The van der Waals surface area contributed by atoms with Gasteiger partial charge in [0.25, 0.3) is 0 Å². The number of nitrogens with zero attached hydrogens (tertiary/aromatic N) is 1. The Hall–Kier alpha value is -2.18. The number of sulfonamides is 1. The van der Waals surface area contributed by atoms with E-state index >= 15 is 0 Å². The standard InChI is InChI=1S/C21H26N2O3S/c1-17(19-7-3-2-4-8-19)22-27(25,26)20-12-9-18(10-13-20)11-14-21(24)23-15-5-6-16-23/h2-4,7-10,12-13,17,22H,5-6,11,14-16H2,1H3/t17-/m0/s1. The van der Waals surface area contributed by atoms with E-state index in [1.807, 2.05) is 42.2 Å². The second-order valence-electron chi connectivity index (χ2n) is 6.99. The molecule has 27 heavy (non-hydrogen) atoms. The smallest absolute Gasteiger partial charge is 0.241 e. The molecule has 1 fully saturated rings. The van der Waals surface area contributed by atoms with Crippen molar-refractivity contribution in [2.24, 2.45) is 0 Å². The van der Waals surface area contributed by atoms with Crippen LogP contribution in [0.2, 0.25) is 0 Å². The van der Waals surface area contributed by atoms with Crippen molar-refractivity contribution < 1.29 is 13.2 Å². The highest BCUT2D eigenvalue weighted by Crippen LogP contribution is 2.18. The molecule has 0 aliphatic carbocycles. The van der Waals surface area contributed by atoms with Crippen molar-refractivity contribution in [2.45, 2.75) is 43.5 Å². The molecule has 2 aromatic carbocycles. The Balaban J connectivity index is 1.59. The summed E-state index contributed by atoms with van der Waals surface area (Å²) in [5.41, 5.74) is 1.88. The van der Waals surface area contributed by atoms with E-state index in [2.05, 4.69) is 4.72 Å². The van der Waals surface area contributed by atoms with Crippen molar-refractivity contribution >= 4 is 15.9 Å². The Morgan fingerprint density at radius 3 is 2.30 bits per heavy atom. The number of carbonyl (C=O) groups is 1. The molecule has 5 nitrogen and oxygen atoms in total. The molecule has 0 saturated carbocycles. The number of aryl methyl sites for hydroxylation is 1. The average Bonchev–Trinajstić information content (AvgIpc) is 3.22. The number of hydrogen-bond donors (Lipinski definition) is 1. The molecule has 144 valence electrons. The number of likely N-dealkylation sites (tertiary alicyclic amines) is 1. The molecule has 0 spiro atoms. The monoisotopic (exact) mass is 386 g/mol. The van der Waals surface area contributed by atoms with Gasteiger partial charge >= 0.3 is 0 Å². The molecule has 1 heterocycles. The first-order chi connectivity index (χ1) is 13.0. The van der Waals surface area contributed by atoms with Gasteiger partial charge in [-0.2, -0.15) is 0 Å². The Labute approximate surface area is 161 Å². The predicted molar refractivity (Wildman–Crippen MR) is 106 cm³/mol. The van der Waals surface area contributed by atoms with Crippen LogP contribution in [0.25, 0.3) is 0 Å². The van der Waals surface area contributed by atoms with Crippen LogP contribution in [0.4, 0.5) is 0 Å². The SMILES string of the molecule is C[C@H](NS(=O)(=O)c1ccc(CCC(=O)N2CCCC2)cc1)c1ccccc1. The first-order valence-corrected chi connectivity index (χ1v) is 10.9. The van der Waals surface area contributed by atoms with Crippen molar-refractivity contribution in [2.75, 3.05) is 13.1 Å². The molecule has 0 radical (unpaired) electrons. The highest BCUT2D eigenvalue weighted by atomic mass is 32.2. The van der Waals surface area contributed by atoms with Gasteiger partial charge in [0.2, 0.25) is 15.9 Å². The van der Waals surface area contributed by atoms with E-state index in [1.54, 1.807) is 24.3 Å². The maximum atomic E-state index is 12.6. The van der Waals surface area contributed by atoms with Gasteiger partial charge in [-0.1, -0.05) is 42.5 Å². The van der Waals surface area contributed by atoms with Crippen LogP contribution >= 0.6 is 0 Å². The van der Waals surface area contributed by atoms with Crippen molar-refractivity contribution in [3.8, 4) is 0 Å². The lowest BCUT2D eigenvalue weighted by Crippen LogP contribution is -2.27. The fraction of sp³-hybridized carbons (Fsp3) is 0.381. The molecule has 1 aliphatic heterocycles. The highest BCUT2D eigenvalue weighted by molar-refractivity contribution is 7.89. The molecule has 0 bridgehead atoms. The molecule has 1 amide bonds. The van der Waals surface area contributed by atoms with E-state index in [9.17, 15) is 13.2 Å². The molecule has 1 atom stereocenters. The molecule has 1 N–H and O–H groups in total. The highest BCUT2D eigenvalue weighted by Gasteiger charge is 2.19. The topological polar surface area (TPSA) is 66.5 Å². The van der Waals surface area contributed by atoms with Crippen molar-refractivity contribution in [1.82, 2.24) is 9.62 Å². The van der Waals surface area contributed by atoms with Gasteiger partial charge in [0, 0.05) is 25.6 Å². The normalized spacial score (nSPS) is 15.7. The molecule has 0 unspecified atom stereocenters. The molecule has 1 aliphatic rings. The lowest BCUT2D eigenvalue weighted by atomic mass is 10.1. The summed E-state index contributed by atoms with van der Waals surface area (Å²) in [4.78, 5) is 14.3. The molecule has 6 heteroatoms. The number of benzene rings is 2. The van der Waals surface area contributed by atoms with Crippen LogP contribution in [-0.4, -0.2) is 32.3 Å². The maximum Gasteiger partial charge on any atom is 0.241 e. The fourth-order valence-electron chi connectivity index (χ4n) is 3.32. The van der Waals surface area contributed by atoms with E-state index in [1.165, 1.54) is 0 Å². The quantitative estimate of drug-likeness (QED) is 0.794. The Kier molecular flexibility index (Phi) is 6.29. The zero-order chi connectivity index (χ0) is 19.3. The minimum atomic E-state index is -3.59. The third-order valence-corrected chi connectivity index (χ3v) is 6.51. The molecular weight excluding hydrogens is 360 g/mol. The Morgan fingerprint density at radius 1 is 1.04 bits per heavy atom. The summed E-state index contributed by atoms with van der Waals surface area (Å²) < 4.78 is 27.9. The van der Waals surface area contributed by atoms with Crippen LogP contribution in [0.1, 0.15) is 43.4 Å². The van der Waals surface area contributed by atoms with Crippen LogP contribution in [-0.2, 0) is 21.2 Å². The van der Waals surface area contributed by atoms with Gasteiger partial charge in [0.1, 0.15) is 0 Å². The van der Waals surface area contributed by atoms with Gasteiger partial charge in [-0.3, -0.25) is 4.79 Å². The first-order valence-electron chi connectivity index (χ1n) is 9.40.